The Bertz CT molecular complexity index is 797. The van der Waals surface area contributed by atoms with E-state index in [1.54, 1.807) is 6.92 Å². The van der Waals surface area contributed by atoms with Gasteiger partial charge in [0.25, 0.3) is 0 Å². The van der Waals surface area contributed by atoms with Gasteiger partial charge in [-0.15, -0.1) is 0 Å². The Morgan fingerprint density at radius 1 is 0.450 bits per heavy atom. The van der Waals surface area contributed by atoms with Crippen molar-refractivity contribution in [2.45, 2.75) is 86.0 Å². The SMILES string of the molecule is CC(=O)CN1CCN(CC(=O)OC(C)(C)C)CCN(CC(=O)OC(C)(C)C)CCN(CC(=O)OC(C)(C)C)CC1. The molecule has 1 fully saturated rings. The lowest BCUT2D eigenvalue weighted by atomic mass is 10.2. The Morgan fingerprint density at radius 2 is 0.650 bits per heavy atom. The van der Waals surface area contributed by atoms with E-state index in [2.05, 4.69) is 0 Å². The molecule has 1 rings (SSSR count). The van der Waals surface area contributed by atoms with Crippen LogP contribution in [0.25, 0.3) is 0 Å². The highest BCUT2D eigenvalue weighted by atomic mass is 16.6. The van der Waals surface area contributed by atoms with Crippen molar-refractivity contribution < 1.29 is 33.4 Å². The van der Waals surface area contributed by atoms with Crippen LogP contribution in [-0.2, 0) is 33.4 Å². The van der Waals surface area contributed by atoms with Crippen LogP contribution in [0.4, 0.5) is 0 Å². The maximum atomic E-state index is 12.7. The molecule has 0 aromatic rings. The van der Waals surface area contributed by atoms with E-state index in [-0.39, 0.29) is 49.9 Å². The molecule has 0 aliphatic carbocycles. The van der Waals surface area contributed by atoms with Gasteiger partial charge in [-0.2, -0.15) is 0 Å². The topological polar surface area (TPSA) is 109 Å². The van der Waals surface area contributed by atoms with Crippen LogP contribution in [0.2, 0.25) is 0 Å². The summed E-state index contributed by atoms with van der Waals surface area (Å²) in [6.07, 6.45) is 0. The Hall–Kier alpha value is -2.08. The number of hydrogen-bond donors (Lipinski definition) is 0. The van der Waals surface area contributed by atoms with Crippen LogP contribution in [0.15, 0.2) is 0 Å². The average Bonchev–Trinajstić information content (AvgIpc) is 2.71. The molecule has 11 heteroatoms. The number of ether oxygens (including phenoxy) is 3. The molecule has 0 saturated carbocycles. The molecule has 232 valence electrons. The zero-order valence-electron chi connectivity index (χ0n) is 26.6. The summed E-state index contributed by atoms with van der Waals surface area (Å²) >= 11 is 0. The molecule has 0 atom stereocenters. The molecule has 0 spiro atoms. The van der Waals surface area contributed by atoms with E-state index in [1.807, 2.05) is 81.9 Å². The molecule has 0 radical (unpaired) electrons. The number of nitrogens with zero attached hydrogens (tertiary/aromatic N) is 4. The molecule has 0 amide bonds. The first kappa shape index (κ1) is 35.9. The summed E-state index contributed by atoms with van der Waals surface area (Å²) in [6.45, 7) is 22.9. The maximum Gasteiger partial charge on any atom is 0.320 e. The van der Waals surface area contributed by atoms with Crippen molar-refractivity contribution in [1.29, 1.82) is 0 Å². The van der Waals surface area contributed by atoms with Crippen molar-refractivity contribution in [3.8, 4) is 0 Å². The summed E-state index contributed by atoms with van der Waals surface area (Å²) in [5, 5.41) is 0. The number of esters is 3. The van der Waals surface area contributed by atoms with E-state index < -0.39 is 16.8 Å². The Kier molecular flexibility index (Phi) is 14.2. The number of Topliss-reactive ketones (excluding diaryl/α,β-unsaturated/α-hetero) is 1. The first-order chi connectivity index (χ1) is 18.2. The lowest BCUT2D eigenvalue weighted by molar-refractivity contribution is -0.158. The third-order valence-corrected chi connectivity index (χ3v) is 5.69. The summed E-state index contributed by atoms with van der Waals surface area (Å²) in [5.74, 6) is -0.919. The lowest BCUT2D eigenvalue weighted by Gasteiger charge is -2.34. The van der Waals surface area contributed by atoms with Crippen LogP contribution in [0, 0.1) is 0 Å². The molecule has 1 aliphatic rings. The van der Waals surface area contributed by atoms with Crippen molar-refractivity contribution in [2.24, 2.45) is 0 Å². The van der Waals surface area contributed by atoms with Gasteiger partial charge >= 0.3 is 17.9 Å². The van der Waals surface area contributed by atoms with E-state index in [0.717, 1.165) is 0 Å². The van der Waals surface area contributed by atoms with Crippen molar-refractivity contribution >= 4 is 23.7 Å². The van der Waals surface area contributed by atoms with Gasteiger partial charge in [0, 0.05) is 52.4 Å². The van der Waals surface area contributed by atoms with Crippen LogP contribution in [0.3, 0.4) is 0 Å². The molecule has 40 heavy (non-hydrogen) atoms. The van der Waals surface area contributed by atoms with E-state index in [4.69, 9.17) is 14.2 Å². The third kappa shape index (κ3) is 18.3. The first-order valence-corrected chi connectivity index (χ1v) is 14.3. The van der Waals surface area contributed by atoms with Crippen LogP contribution in [-0.4, -0.2) is 139 Å². The lowest BCUT2D eigenvalue weighted by Crippen LogP contribution is -2.49. The van der Waals surface area contributed by atoms with Gasteiger partial charge < -0.3 is 14.2 Å². The molecule has 1 heterocycles. The van der Waals surface area contributed by atoms with Crippen molar-refractivity contribution in [3.63, 3.8) is 0 Å². The molecule has 0 N–H and O–H groups in total. The normalized spacial score (nSPS) is 18.4. The predicted molar refractivity (Wildman–Crippen MR) is 154 cm³/mol. The standard InChI is InChI=1S/C29H54N4O7/c1-23(34)19-30-11-13-31(20-24(35)38-27(2,3)4)15-17-33(22-26(37)40-29(8,9)10)18-16-32(14-12-30)21-25(36)39-28(5,6)7/h11-22H2,1-10H3. The monoisotopic (exact) mass is 570 g/mol. The van der Waals surface area contributed by atoms with E-state index >= 15 is 0 Å². The third-order valence-electron chi connectivity index (χ3n) is 5.69. The number of carbonyl (C=O) groups is 4. The number of carbonyl (C=O) groups excluding carboxylic acids is 4. The molecular formula is C29H54N4O7. The van der Waals surface area contributed by atoms with Crippen molar-refractivity contribution in [1.82, 2.24) is 19.6 Å². The fourth-order valence-electron chi connectivity index (χ4n) is 4.20. The summed E-state index contributed by atoms with van der Waals surface area (Å²) in [7, 11) is 0. The second-order valence-electron chi connectivity index (χ2n) is 13.6. The fraction of sp³-hybridized carbons (Fsp3) is 0.862. The van der Waals surface area contributed by atoms with Gasteiger partial charge in [0.15, 0.2) is 0 Å². The van der Waals surface area contributed by atoms with Gasteiger partial charge in [0.1, 0.15) is 22.6 Å². The molecule has 1 saturated heterocycles. The van der Waals surface area contributed by atoms with Gasteiger partial charge in [-0.25, -0.2) is 0 Å². The second-order valence-corrected chi connectivity index (χ2v) is 13.6. The van der Waals surface area contributed by atoms with Crippen LogP contribution >= 0.6 is 0 Å². The number of rotatable bonds is 8. The predicted octanol–water partition coefficient (Wildman–Crippen LogP) is 1.82. The van der Waals surface area contributed by atoms with Crippen molar-refractivity contribution in [2.75, 3.05) is 78.5 Å². The number of ketones is 1. The first-order valence-electron chi connectivity index (χ1n) is 14.3. The van der Waals surface area contributed by atoms with Crippen molar-refractivity contribution in [3.05, 3.63) is 0 Å². The van der Waals surface area contributed by atoms with Crippen LogP contribution < -0.4 is 0 Å². The van der Waals surface area contributed by atoms with Gasteiger partial charge in [-0.1, -0.05) is 0 Å². The van der Waals surface area contributed by atoms with E-state index in [9.17, 15) is 19.2 Å². The summed E-state index contributed by atoms with van der Waals surface area (Å²) < 4.78 is 16.7. The highest BCUT2D eigenvalue weighted by molar-refractivity contribution is 5.77. The molecule has 11 nitrogen and oxygen atoms in total. The zero-order chi connectivity index (χ0) is 30.7. The summed E-state index contributed by atoms with van der Waals surface area (Å²) in [5.41, 5.74) is -1.79. The molecule has 0 bridgehead atoms. The molecule has 0 aromatic heterocycles. The molecule has 0 unspecified atom stereocenters. The smallest absolute Gasteiger partial charge is 0.320 e. The van der Waals surface area contributed by atoms with E-state index in [1.165, 1.54) is 0 Å². The number of hydrogen-bond acceptors (Lipinski definition) is 11. The zero-order valence-corrected chi connectivity index (χ0v) is 26.6. The molecule has 1 aliphatic heterocycles. The van der Waals surface area contributed by atoms with Gasteiger partial charge in [-0.05, 0) is 69.2 Å². The molecule has 0 aromatic carbocycles. The van der Waals surface area contributed by atoms with Gasteiger partial charge in [-0.3, -0.25) is 38.8 Å². The largest absolute Gasteiger partial charge is 0.459 e. The van der Waals surface area contributed by atoms with Crippen LogP contribution in [0.5, 0.6) is 0 Å². The quantitative estimate of drug-likeness (QED) is 0.315. The minimum absolute atomic E-state index is 0.0491. The molecular weight excluding hydrogens is 516 g/mol. The summed E-state index contributed by atoms with van der Waals surface area (Å²) in [6, 6.07) is 0. The van der Waals surface area contributed by atoms with Crippen LogP contribution in [0.1, 0.15) is 69.2 Å². The Labute approximate surface area is 241 Å². The van der Waals surface area contributed by atoms with Gasteiger partial charge in [0.05, 0.1) is 26.2 Å². The Morgan fingerprint density at radius 3 is 0.825 bits per heavy atom. The minimum Gasteiger partial charge on any atom is -0.459 e. The highest BCUT2D eigenvalue weighted by Crippen LogP contribution is 2.11. The minimum atomic E-state index is -0.602. The van der Waals surface area contributed by atoms with E-state index in [0.29, 0.717) is 52.4 Å². The Balaban J connectivity index is 3.13. The second kappa shape index (κ2) is 15.8. The van der Waals surface area contributed by atoms with Gasteiger partial charge in [0.2, 0.25) is 0 Å². The average molecular weight is 571 g/mol. The maximum absolute atomic E-state index is 12.7. The summed E-state index contributed by atoms with van der Waals surface area (Å²) in [4.78, 5) is 58.0. The highest BCUT2D eigenvalue weighted by Gasteiger charge is 2.25. The fourth-order valence-corrected chi connectivity index (χ4v) is 4.20.